The third kappa shape index (κ3) is 3.05. The van der Waals surface area contributed by atoms with Crippen LogP contribution in [-0.2, 0) is 0 Å². The van der Waals surface area contributed by atoms with Crippen molar-refractivity contribution in [3.63, 3.8) is 0 Å². The molecule has 3 nitrogen and oxygen atoms in total. The smallest absolute Gasteiger partial charge is 0.234 e. The van der Waals surface area contributed by atoms with Crippen LogP contribution in [-0.4, -0.2) is 10.1 Å². The van der Waals surface area contributed by atoms with Crippen LogP contribution >= 0.6 is 15.9 Å². The van der Waals surface area contributed by atoms with Crippen LogP contribution < -0.4 is 0 Å². The van der Waals surface area contributed by atoms with Gasteiger partial charge in [0.1, 0.15) is 0 Å². The Morgan fingerprint density at radius 1 is 1.05 bits per heavy atom. The Morgan fingerprint density at radius 2 is 1.76 bits per heavy atom. The first kappa shape index (κ1) is 14.0. The van der Waals surface area contributed by atoms with E-state index in [9.17, 15) is 0 Å². The summed E-state index contributed by atoms with van der Waals surface area (Å²) in [7, 11) is 0. The first-order chi connectivity index (χ1) is 10.3. The third-order valence-electron chi connectivity index (χ3n) is 3.45. The summed E-state index contributed by atoms with van der Waals surface area (Å²) in [4.78, 5) is 4.56. The second-order valence-electron chi connectivity index (χ2n) is 4.83. The molecule has 3 aromatic rings. The molecule has 0 radical (unpaired) electrons. The lowest BCUT2D eigenvalue weighted by Gasteiger charge is -2.09. The van der Waals surface area contributed by atoms with Gasteiger partial charge < -0.3 is 4.52 Å². The molecule has 0 unspecified atom stereocenters. The van der Waals surface area contributed by atoms with Crippen LogP contribution in [0, 0.1) is 0 Å². The van der Waals surface area contributed by atoms with Crippen molar-refractivity contribution in [3.05, 3.63) is 70.5 Å². The fourth-order valence-corrected chi connectivity index (χ4v) is 2.60. The summed E-state index contributed by atoms with van der Waals surface area (Å²) in [5.74, 6) is 1.44. The van der Waals surface area contributed by atoms with Crippen molar-refractivity contribution in [2.75, 3.05) is 0 Å². The molecule has 2 aromatic carbocycles. The molecule has 21 heavy (non-hydrogen) atoms. The molecule has 3 rings (SSSR count). The number of nitrogens with zero attached hydrogens (tertiary/aromatic N) is 2. The fraction of sp³-hybridized carbons (Fsp3) is 0.176. The summed E-state index contributed by atoms with van der Waals surface area (Å²) in [5.41, 5.74) is 2.15. The lowest BCUT2D eigenvalue weighted by atomic mass is 9.96. The maximum atomic E-state index is 5.48. The highest BCUT2D eigenvalue weighted by Gasteiger charge is 2.19. The molecule has 1 heterocycles. The van der Waals surface area contributed by atoms with Gasteiger partial charge in [0.05, 0.1) is 5.92 Å². The average molecular weight is 343 g/mol. The van der Waals surface area contributed by atoms with E-state index in [4.69, 9.17) is 4.52 Å². The van der Waals surface area contributed by atoms with Crippen LogP contribution in [0.25, 0.3) is 11.4 Å². The van der Waals surface area contributed by atoms with Gasteiger partial charge in [-0.05, 0) is 36.2 Å². The zero-order valence-electron chi connectivity index (χ0n) is 11.7. The van der Waals surface area contributed by atoms with Gasteiger partial charge in [-0.15, -0.1) is 0 Å². The minimum atomic E-state index is 0.142. The standard InChI is InChI=1S/C17H15BrN2O/c1-2-15(12-6-4-3-5-7-12)17-19-16(20-21-17)13-8-10-14(18)11-9-13/h3-11,15H,2H2,1H3/t15-/m0/s1. The lowest BCUT2D eigenvalue weighted by Crippen LogP contribution is -1.99. The third-order valence-corrected chi connectivity index (χ3v) is 3.98. The molecule has 0 saturated heterocycles. The van der Waals surface area contributed by atoms with Crippen molar-refractivity contribution in [2.24, 2.45) is 0 Å². The SMILES string of the molecule is CC[C@@H](c1ccccc1)c1nc(-c2ccc(Br)cc2)no1. The van der Waals surface area contributed by atoms with Crippen molar-refractivity contribution in [1.29, 1.82) is 0 Å². The molecule has 0 fully saturated rings. The number of rotatable bonds is 4. The Labute approximate surface area is 132 Å². The van der Waals surface area contributed by atoms with Crippen LogP contribution in [0.2, 0.25) is 0 Å². The van der Waals surface area contributed by atoms with Crippen LogP contribution in [0.3, 0.4) is 0 Å². The second kappa shape index (κ2) is 6.22. The first-order valence-electron chi connectivity index (χ1n) is 6.92. The van der Waals surface area contributed by atoms with Gasteiger partial charge in [0.2, 0.25) is 11.7 Å². The Kier molecular flexibility index (Phi) is 4.15. The Morgan fingerprint density at radius 3 is 2.43 bits per heavy atom. The van der Waals surface area contributed by atoms with E-state index in [0.29, 0.717) is 11.7 Å². The van der Waals surface area contributed by atoms with E-state index < -0.39 is 0 Å². The molecule has 1 atom stereocenters. The summed E-state index contributed by atoms with van der Waals surface area (Å²) in [6, 6.07) is 18.2. The number of aromatic nitrogens is 2. The number of hydrogen-bond donors (Lipinski definition) is 0. The van der Waals surface area contributed by atoms with Gasteiger partial charge in [-0.1, -0.05) is 58.3 Å². The first-order valence-corrected chi connectivity index (χ1v) is 7.71. The van der Waals surface area contributed by atoms with Gasteiger partial charge in [0, 0.05) is 10.0 Å². The number of benzene rings is 2. The van der Waals surface area contributed by atoms with Gasteiger partial charge in [0.15, 0.2) is 0 Å². The molecule has 106 valence electrons. The molecule has 0 N–H and O–H groups in total. The van der Waals surface area contributed by atoms with Crippen molar-refractivity contribution < 1.29 is 4.52 Å². The molecular weight excluding hydrogens is 328 g/mol. The van der Waals surface area contributed by atoms with E-state index in [0.717, 1.165) is 16.5 Å². The van der Waals surface area contributed by atoms with Gasteiger partial charge in [-0.25, -0.2) is 0 Å². The molecule has 1 aromatic heterocycles. The number of halogens is 1. The van der Waals surface area contributed by atoms with Crippen molar-refractivity contribution in [1.82, 2.24) is 10.1 Å². The molecular formula is C17H15BrN2O. The van der Waals surface area contributed by atoms with Crippen LogP contribution in [0.15, 0.2) is 63.6 Å². The Balaban J connectivity index is 1.92. The highest BCUT2D eigenvalue weighted by molar-refractivity contribution is 9.10. The molecule has 0 saturated carbocycles. The minimum Gasteiger partial charge on any atom is -0.338 e. The van der Waals surface area contributed by atoms with Gasteiger partial charge in [-0.3, -0.25) is 0 Å². The maximum absolute atomic E-state index is 5.48. The van der Waals surface area contributed by atoms with Crippen molar-refractivity contribution >= 4 is 15.9 Å². The molecule has 0 amide bonds. The van der Waals surface area contributed by atoms with E-state index in [1.165, 1.54) is 5.56 Å². The summed E-state index contributed by atoms with van der Waals surface area (Å²) < 4.78 is 6.52. The molecule has 0 aliphatic carbocycles. The monoisotopic (exact) mass is 342 g/mol. The van der Waals surface area contributed by atoms with E-state index in [1.807, 2.05) is 42.5 Å². The van der Waals surface area contributed by atoms with Gasteiger partial charge >= 0.3 is 0 Å². The zero-order valence-corrected chi connectivity index (χ0v) is 13.2. The van der Waals surface area contributed by atoms with Crippen LogP contribution in [0.4, 0.5) is 0 Å². The van der Waals surface area contributed by atoms with Gasteiger partial charge in [-0.2, -0.15) is 4.98 Å². The Hall–Kier alpha value is -1.94. The minimum absolute atomic E-state index is 0.142. The quantitative estimate of drug-likeness (QED) is 0.666. The van der Waals surface area contributed by atoms with E-state index in [2.05, 4.69) is 45.1 Å². The molecule has 0 aliphatic heterocycles. The predicted octanol–water partition coefficient (Wildman–Crippen LogP) is 5.04. The molecule has 0 spiro atoms. The fourth-order valence-electron chi connectivity index (χ4n) is 2.33. The highest BCUT2D eigenvalue weighted by atomic mass is 79.9. The van der Waals surface area contributed by atoms with Crippen LogP contribution in [0.5, 0.6) is 0 Å². The van der Waals surface area contributed by atoms with Crippen molar-refractivity contribution in [3.8, 4) is 11.4 Å². The van der Waals surface area contributed by atoms with E-state index in [1.54, 1.807) is 0 Å². The number of hydrogen-bond acceptors (Lipinski definition) is 3. The summed E-state index contributed by atoms with van der Waals surface area (Å²) in [5, 5.41) is 4.11. The normalized spacial score (nSPS) is 12.3. The zero-order chi connectivity index (χ0) is 14.7. The van der Waals surface area contributed by atoms with E-state index >= 15 is 0 Å². The molecule has 0 aliphatic rings. The van der Waals surface area contributed by atoms with Crippen LogP contribution in [0.1, 0.15) is 30.7 Å². The topological polar surface area (TPSA) is 38.9 Å². The van der Waals surface area contributed by atoms with E-state index in [-0.39, 0.29) is 5.92 Å². The second-order valence-corrected chi connectivity index (χ2v) is 5.75. The average Bonchev–Trinajstić information content (AvgIpc) is 2.99. The lowest BCUT2D eigenvalue weighted by molar-refractivity contribution is 0.363. The predicted molar refractivity (Wildman–Crippen MR) is 86.0 cm³/mol. The maximum Gasteiger partial charge on any atom is 0.234 e. The Bertz CT molecular complexity index is 707. The summed E-state index contributed by atoms with van der Waals surface area (Å²) >= 11 is 3.42. The molecule has 0 bridgehead atoms. The highest BCUT2D eigenvalue weighted by Crippen LogP contribution is 2.28. The summed E-state index contributed by atoms with van der Waals surface area (Å²) in [6.45, 7) is 2.13. The molecule has 4 heteroatoms. The van der Waals surface area contributed by atoms with Gasteiger partial charge in [0.25, 0.3) is 0 Å². The van der Waals surface area contributed by atoms with Crippen molar-refractivity contribution in [2.45, 2.75) is 19.3 Å². The summed E-state index contributed by atoms with van der Waals surface area (Å²) in [6.07, 6.45) is 0.923. The largest absolute Gasteiger partial charge is 0.338 e.